The van der Waals surface area contributed by atoms with Gasteiger partial charge in [0.15, 0.2) is 21.5 Å². The van der Waals surface area contributed by atoms with Gasteiger partial charge in [-0.25, -0.2) is 13.4 Å². The number of fused-ring (bicyclic) bond motifs is 1. The molecule has 44 heavy (non-hydrogen) atoms. The number of nitrogens with zero attached hydrogens (tertiary/aromatic N) is 2. The van der Waals surface area contributed by atoms with Gasteiger partial charge in [-0.15, -0.1) is 0 Å². The molecule has 10 heteroatoms. The highest BCUT2D eigenvalue weighted by molar-refractivity contribution is 9.10. The first-order chi connectivity index (χ1) is 21.3. The number of benzene rings is 4. The lowest BCUT2D eigenvalue weighted by molar-refractivity contribution is -0.126. The number of hydrogen-bond acceptors (Lipinski definition) is 7. The molecule has 4 aromatic carbocycles. The maximum atomic E-state index is 14.7. The monoisotopic (exact) mass is 674 g/mol. The number of aliphatic hydroxyl groups excluding tert-OH is 1. The van der Waals surface area contributed by atoms with Crippen molar-refractivity contribution in [2.24, 2.45) is 4.99 Å². The van der Waals surface area contributed by atoms with Crippen LogP contribution >= 0.6 is 15.9 Å². The minimum Gasteiger partial charge on any atom is -0.494 e. The summed E-state index contributed by atoms with van der Waals surface area (Å²) in [6.07, 6.45) is 0.0678. The van der Waals surface area contributed by atoms with E-state index < -0.39 is 21.5 Å². The second kappa shape index (κ2) is 12.6. The molecule has 2 aliphatic rings. The smallest absolute Gasteiger partial charge is 0.259 e. The number of ether oxygens (including phenoxy) is 2. The minimum absolute atomic E-state index is 0.0351. The highest BCUT2D eigenvalue weighted by atomic mass is 79.9. The molecule has 0 saturated carbocycles. The molecule has 0 aliphatic carbocycles. The molecule has 4 aromatic rings. The molecule has 0 fully saturated rings. The molecule has 0 saturated heterocycles. The van der Waals surface area contributed by atoms with E-state index in [2.05, 4.69) is 15.9 Å². The fraction of sp³-hybridized carbons (Fsp3) is 0.235. The first kappa shape index (κ1) is 30.1. The van der Waals surface area contributed by atoms with Gasteiger partial charge in [0.1, 0.15) is 5.75 Å². The molecule has 0 unspecified atom stereocenters. The Morgan fingerprint density at radius 2 is 1.66 bits per heavy atom. The van der Waals surface area contributed by atoms with Crippen molar-refractivity contribution >= 4 is 43.3 Å². The lowest BCUT2D eigenvalue weighted by Crippen LogP contribution is -2.56. The maximum absolute atomic E-state index is 14.7. The number of aliphatic hydroxyl groups is 1. The number of sulfone groups is 1. The molecule has 6 rings (SSSR count). The highest BCUT2D eigenvalue weighted by Crippen LogP contribution is 2.47. The van der Waals surface area contributed by atoms with E-state index in [4.69, 9.17) is 19.6 Å². The molecule has 2 atom stereocenters. The summed E-state index contributed by atoms with van der Waals surface area (Å²) in [6.45, 7) is 0.410. The van der Waals surface area contributed by atoms with Crippen molar-refractivity contribution in [2.75, 3.05) is 30.4 Å². The first-order valence-corrected chi connectivity index (χ1v) is 16.8. The molecular formula is C34H31BrN2O6S. The third-order valence-electron chi connectivity index (χ3n) is 7.85. The van der Waals surface area contributed by atoms with Gasteiger partial charge >= 0.3 is 0 Å². The van der Waals surface area contributed by atoms with E-state index in [0.717, 1.165) is 15.6 Å². The number of para-hydroxylation sites is 1. The zero-order chi connectivity index (χ0) is 30.7. The van der Waals surface area contributed by atoms with Gasteiger partial charge < -0.3 is 19.5 Å². The minimum atomic E-state index is -3.65. The van der Waals surface area contributed by atoms with Crippen LogP contribution in [0.25, 0.3) is 0 Å². The average Bonchev–Trinajstić information content (AvgIpc) is 3.42. The second-order valence-corrected chi connectivity index (χ2v) is 13.8. The van der Waals surface area contributed by atoms with E-state index in [-0.39, 0.29) is 36.1 Å². The summed E-state index contributed by atoms with van der Waals surface area (Å²) >= 11 is 3.49. The molecule has 2 aliphatic heterocycles. The number of rotatable bonds is 10. The Morgan fingerprint density at radius 1 is 0.955 bits per heavy atom. The van der Waals surface area contributed by atoms with Gasteiger partial charge in [0, 0.05) is 41.7 Å². The molecule has 226 valence electrons. The molecule has 8 nitrogen and oxygen atoms in total. The van der Waals surface area contributed by atoms with E-state index in [1.807, 2.05) is 60.7 Å². The zero-order valence-corrected chi connectivity index (χ0v) is 26.2. The van der Waals surface area contributed by atoms with Gasteiger partial charge in [0.2, 0.25) is 5.90 Å². The Kier molecular flexibility index (Phi) is 8.57. The first-order valence-electron chi connectivity index (χ1n) is 14.3. The fourth-order valence-electron chi connectivity index (χ4n) is 5.64. The molecule has 1 spiro atoms. The topological polar surface area (TPSA) is 106 Å². The summed E-state index contributed by atoms with van der Waals surface area (Å²) in [5, 5.41) is 9.04. The fourth-order valence-corrected chi connectivity index (χ4v) is 7.14. The summed E-state index contributed by atoms with van der Waals surface area (Å²) in [5.41, 5.74) is 1.66. The average molecular weight is 676 g/mol. The largest absolute Gasteiger partial charge is 0.494 e. The van der Waals surface area contributed by atoms with E-state index in [1.165, 1.54) is 0 Å². The van der Waals surface area contributed by atoms with Crippen LogP contribution in [0.5, 0.6) is 5.75 Å². The van der Waals surface area contributed by atoms with Crippen molar-refractivity contribution in [1.29, 1.82) is 0 Å². The number of carbonyl (C=O) groups is 1. The SMILES string of the molecule is O=C1N(CCS(=O)(=O)c2ccccc2)c2ccccc2C[C@@]12N=C(c1ccc(OCCCO)cc1)O[C@H]2c1ccc(Br)cc1. The van der Waals surface area contributed by atoms with Crippen LogP contribution in [0.2, 0.25) is 0 Å². The van der Waals surface area contributed by atoms with Gasteiger partial charge in [0.05, 0.1) is 17.3 Å². The van der Waals surface area contributed by atoms with Crippen LogP contribution in [0.4, 0.5) is 5.69 Å². The Hall–Kier alpha value is -3.99. The Bertz CT molecular complexity index is 1780. The van der Waals surface area contributed by atoms with Crippen molar-refractivity contribution < 1.29 is 27.8 Å². The molecule has 1 amide bonds. The van der Waals surface area contributed by atoms with Crippen molar-refractivity contribution in [1.82, 2.24) is 0 Å². The van der Waals surface area contributed by atoms with Crippen LogP contribution in [0, 0.1) is 0 Å². The molecular weight excluding hydrogens is 644 g/mol. The van der Waals surface area contributed by atoms with Crippen LogP contribution in [-0.2, 0) is 25.8 Å². The van der Waals surface area contributed by atoms with E-state index in [9.17, 15) is 13.2 Å². The lowest BCUT2D eigenvalue weighted by Gasteiger charge is -2.40. The Balaban J connectivity index is 1.39. The van der Waals surface area contributed by atoms with Crippen LogP contribution in [0.15, 0.2) is 117 Å². The van der Waals surface area contributed by atoms with Crippen LogP contribution in [-0.4, -0.2) is 56.4 Å². The van der Waals surface area contributed by atoms with Crippen LogP contribution in [0.1, 0.15) is 29.2 Å². The van der Waals surface area contributed by atoms with Crippen LogP contribution in [0.3, 0.4) is 0 Å². The van der Waals surface area contributed by atoms with Gasteiger partial charge in [0.25, 0.3) is 5.91 Å². The summed E-state index contributed by atoms with van der Waals surface area (Å²) in [5.74, 6) is 0.412. The number of amides is 1. The number of hydrogen-bond donors (Lipinski definition) is 1. The summed E-state index contributed by atoms with van der Waals surface area (Å²) in [4.78, 5) is 21.5. The van der Waals surface area contributed by atoms with Crippen molar-refractivity contribution in [3.8, 4) is 5.75 Å². The summed E-state index contributed by atoms with van der Waals surface area (Å²) in [6, 6.07) is 30.7. The number of halogens is 1. The van der Waals surface area contributed by atoms with Crippen molar-refractivity contribution in [2.45, 2.75) is 29.4 Å². The third kappa shape index (κ3) is 5.89. The molecule has 1 N–H and O–H groups in total. The predicted octanol–water partition coefficient (Wildman–Crippen LogP) is 5.53. The van der Waals surface area contributed by atoms with E-state index in [1.54, 1.807) is 47.4 Å². The zero-order valence-electron chi connectivity index (χ0n) is 23.8. The summed E-state index contributed by atoms with van der Waals surface area (Å²) in [7, 11) is -3.65. The molecule has 0 aromatic heterocycles. The summed E-state index contributed by atoms with van der Waals surface area (Å²) < 4.78 is 39.6. The number of aliphatic imine (C=N–C) groups is 1. The molecule has 0 bridgehead atoms. The third-order valence-corrected chi connectivity index (χ3v) is 10.1. The van der Waals surface area contributed by atoms with Gasteiger partial charge in [-0.2, -0.15) is 0 Å². The lowest BCUT2D eigenvalue weighted by atomic mass is 9.78. The van der Waals surface area contributed by atoms with Gasteiger partial charge in [-0.1, -0.05) is 64.5 Å². The number of anilines is 1. The standard InChI is InChI=1S/C34H31BrN2O6S/c35-27-15-11-24(12-16-27)31-34(36-32(43-31)25-13-17-28(18-14-25)42-21-6-20-38)23-26-7-4-5-10-30(26)37(33(34)39)19-22-44(40,41)29-8-2-1-3-9-29/h1-5,7-18,31,38H,6,19-23H2/t31-,34-/m0/s1. The van der Waals surface area contributed by atoms with E-state index in [0.29, 0.717) is 35.9 Å². The maximum Gasteiger partial charge on any atom is 0.259 e. The normalized spacial score (nSPS) is 19.4. The number of carbonyl (C=O) groups excluding carboxylic acids is 1. The van der Waals surface area contributed by atoms with Gasteiger partial charge in [-0.05, 0) is 65.7 Å². The van der Waals surface area contributed by atoms with Gasteiger partial charge in [-0.3, -0.25) is 4.79 Å². The Labute approximate surface area is 265 Å². The van der Waals surface area contributed by atoms with Crippen LogP contribution < -0.4 is 9.64 Å². The predicted molar refractivity (Wildman–Crippen MR) is 172 cm³/mol. The Morgan fingerprint density at radius 3 is 2.39 bits per heavy atom. The van der Waals surface area contributed by atoms with Crippen molar-refractivity contribution in [3.05, 3.63) is 124 Å². The van der Waals surface area contributed by atoms with Crippen molar-refractivity contribution in [3.63, 3.8) is 0 Å². The second-order valence-electron chi connectivity index (χ2n) is 10.7. The van der Waals surface area contributed by atoms with E-state index >= 15 is 0 Å². The highest BCUT2D eigenvalue weighted by Gasteiger charge is 2.57. The quantitative estimate of drug-likeness (QED) is 0.222. The molecule has 0 radical (unpaired) electrons. The molecule has 2 heterocycles.